The summed E-state index contributed by atoms with van der Waals surface area (Å²) in [7, 11) is -4.81. The number of carbonyl (C=O) groups is 4. The zero-order chi connectivity index (χ0) is 46.6. The predicted octanol–water partition coefficient (Wildman–Crippen LogP) is 9.09. The first-order chi connectivity index (χ1) is 30.3. The van der Waals surface area contributed by atoms with E-state index in [0.29, 0.717) is 38.5 Å². The number of allylic oxidation sites excluding steroid dienone is 11. The van der Waals surface area contributed by atoms with Crippen LogP contribution in [-0.4, -0.2) is 88.1 Å². The maximum atomic E-state index is 12.8. The number of aliphatic hydroxyl groups is 2. The van der Waals surface area contributed by atoms with Crippen molar-refractivity contribution in [3.63, 3.8) is 0 Å². The Labute approximate surface area is 376 Å². The molecule has 1 fully saturated rings. The van der Waals surface area contributed by atoms with Crippen molar-refractivity contribution in [1.29, 1.82) is 0 Å². The standard InChI is InChI=1S/C48H78NO13P/c1-3-5-7-8-9-10-11-12-13-14-15-16-17-18-19-20-21-22-27-31-46(53)59-36-40(37-60-63(57,58)61-38-43(49)48(55)56)62-47(54)32-28-24-23-26-30-41-42(45(52)35-44(41)51)34-33-39(50)29-25-6-4-2/h9-10,12-13,15-16,18-19,21-22,33-34,39-44,50-51H,3-8,11,14,17,20,23-32,35-38,49H2,1-2H3,(H,55,56)(H,57,58)/b10-9-,13-12-,16-15-,19-18-,22-21-,34-33+/t39-,40+,41+,42+,43-,44-/m0/s1. The Morgan fingerprint density at radius 3 is 1.94 bits per heavy atom. The largest absolute Gasteiger partial charge is 0.480 e. The molecule has 1 unspecified atom stereocenters. The van der Waals surface area contributed by atoms with E-state index < -0.39 is 75.8 Å². The highest BCUT2D eigenvalue weighted by molar-refractivity contribution is 7.47. The number of rotatable bonds is 38. The number of phosphoric ester groups is 1. The Bertz CT molecular complexity index is 1510. The van der Waals surface area contributed by atoms with Crippen LogP contribution in [-0.2, 0) is 42.3 Å². The average Bonchev–Trinajstić information content (AvgIpc) is 3.52. The van der Waals surface area contributed by atoms with Gasteiger partial charge in [-0.3, -0.25) is 28.2 Å². The zero-order valence-electron chi connectivity index (χ0n) is 37.9. The molecule has 7 atom stereocenters. The fourth-order valence-electron chi connectivity index (χ4n) is 6.66. The van der Waals surface area contributed by atoms with Gasteiger partial charge in [-0.25, -0.2) is 4.57 Å². The van der Waals surface area contributed by atoms with Crippen LogP contribution in [0.25, 0.3) is 0 Å². The molecule has 14 nitrogen and oxygen atoms in total. The van der Waals surface area contributed by atoms with Crippen LogP contribution in [0.2, 0.25) is 0 Å². The van der Waals surface area contributed by atoms with E-state index in [1.165, 1.54) is 19.3 Å². The van der Waals surface area contributed by atoms with Gasteiger partial charge in [-0.15, -0.1) is 0 Å². The van der Waals surface area contributed by atoms with Crippen molar-refractivity contribution in [3.05, 3.63) is 72.9 Å². The molecule has 358 valence electrons. The molecule has 0 spiro atoms. The van der Waals surface area contributed by atoms with Crippen LogP contribution in [0.3, 0.4) is 0 Å². The van der Waals surface area contributed by atoms with E-state index in [1.807, 2.05) is 18.2 Å². The lowest BCUT2D eigenvalue weighted by Gasteiger charge is -2.20. The number of Topliss-reactive ketones (excluding diaryl/α,β-unsaturated/α-hetero) is 1. The van der Waals surface area contributed by atoms with Crippen LogP contribution < -0.4 is 5.73 Å². The molecule has 0 aliphatic heterocycles. The maximum absolute atomic E-state index is 12.8. The molecule has 0 amide bonds. The number of phosphoric acid groups is 1. The number of esters is 2. The maximum Gasteiger partial charge on any atom is 0.472 e. The van der Waals surface area contributed by atoms with Crippen molar-refractivity contribution in [2.24, 2.45) is 17.6 Å². The van der Waals surface area contributed by atoms with Crippen molar-refractivity contribution >= 4 is 31.5 Å². The quantitative estimate of drug-likeness (QED) is 0.0168. The van der Waals surface area contributed by atoms with Gasteiger partial charge in [0, 0.05) is 25.2 Å². The van der Waals surface area contributed by atoms with Crippen LogP contribution >= 0.6 is 7.82 Å². The minimum Gasteiger partial charge on any atom is -0.480 e. The molecule has 1 saturated carbocycles. The lowest BCUT2D eigenvalue weighted by molar-refractivity contribution is -0.161. The molecular weight excluding hydrogens is 829 g/mol. The van der Waals surface area contributed by atoms with Gasteiger partial charge >= 0.3 is 25.7 Å². The molecule has 0 aromatic heterocycles. The number of nitrogens with two attached hydrogens (primary N) is 1. The van der Waals surface area contributed by atoms with E-state index in [0.717, 1.165) is 57.8 Å². The van der Waals surface area contributed by atoms with E-state index in [2.05, 4.69) is 60.9 Å². The number of hydrogen-bond acceptors (Lipinski definition) is 12. The number of carboxylic acid groups (broad SMARTS) is 1. The van der Waals surface area contributed by atoms with Gasteiger partial charge in [0.25, 0.3) is 0 Å². The van der Waals surface area contributed by atoms with E-state index in [1.54, 1.807) is 12.2 Å². The van der Waals surface area contributed by atoms with E-state index in [4.69, 9.17) is 24.8 Å². The van der Waals surface area contributed by atoms with Gasteiger partial charge < -0.3 is 35.4 Å². The SMILES string of the molecule is CCCCC/C=C\C/C=C\C/C=C\C/C=C\C/C=C\CCC(=O)OC[C@H](COP(=O)(O)OC[C@H](N)C(=O)O)OC(=O)CCCCCC[C@H]1[C@@H](O)CC(=O)[C@@H]1/C=C/[C@@H](O)CCCCC. The molecular formula is C48H78NO13P. The highest BCUT2D eigenvalue weighted by Crippen LogP contribution is 2.43. The van der Waals surface area contributed by atoms with Crippen LogP contribution in [0.1, 0.15) is 149 Å². The zero-order valence-corrected chi connectivity index (χ0v) is 38.7. The monoisotopic (exact) mass is 908 g/mol. The number of carboxylic acids is 1. The van der Waals surface area contributed by atoms with Gasteiger partial charge in [-0.2, -0.15) is 0 Å². The van der Waals surface area contributed by atoms with Crippen LogP contribution in [0.4, 0.5) is 0 Å². The number of carbonyl (C=O) groups excluding carboxylic acids is 3. The Morgan fingerprint density at radius 1 is 0.746 bits per heavy atom. The van der Waals surface area contributed by atoms with Crippen molar-refractivity contribution in [2.75, 3.05) is 19.8 Å². The third-order valence-corrected chi connectivity index (χ3v) is 11.3. The summed E-state index contributed by atoms with van der Waals surface area (Å²) in [6.07, 6.45) is 37.4. The van der Waals surface area contributed by atoms with Crippen LogP contribution in [0.5, 0.6) is 0 Å². The lowest BCUT2D eigenvalue weighted by Crippen LogP contribution is -2.34. The summed E-state index contributed by atoms with van der Waals surface area (Å²) in [5, 5.41) is 29.7. The third-order valence-electron chi connectivity index (χ3n) is 10.3. The van der Waals surface area contributed by atoms with Crippen molar-refractivity contribution < 1.29 is 62.5 Å². The Balaban J connectivity index is 2.51. The Morgan fingerprint density at radius 2 is 1.32 bits per heavy atom. The summed E-state index contributed by atoms with van der Waals surface area (Å²) in [6, 6.07) is -1.57. The summed E-state index contributed by atoms with van der Waals surface area (Å²) < 4.78 is 32.6. The normalized spacial score (nSPS) is 19.6. The molecule has 63 heavy (non-hydrogen) atoms. The Kier molecular flexibility index (Phi) is 33.6. The first-order valence-electron chi connectivity index (χ1n) is 23.1. The molecule has 0 aromatic carbocycles. The predicted molar refractivity (Wildman–Crippen MR) is 245 cm³/mol. The molecule has 0 aromatic rings. The molecule has 1 aliphatic rings. The van der Waals surface area contributed by atoms with Crippen molar-refractivity contribution in [1.82, 2.24) is 0 Å². The van der Waals surface area contributed by atoms with Gasteiger partial charge in [0.1, 0.15) is 18.4 Å². The van der Waals surface area contributed by atoms with Gasteiger partial charge in [-0.1, -0.05) is 138 Å². The topological polar surface area (TPSA) is 229 Å². The minimum atomic E-state index is -4.81. The van der Waals surface area contributed by atoms with E-state index in [-0.39, 0.29) is 31.0 Å². The first-order valence-corrected chi connectivity index (χ1v) is 24.6. The van der Waals surface area contributed by atoms with Crippen LogP contribution in [0.15, 0.2) is 72.9 Å². The summed E-state index contributed by atoms with van der Waals surface area (Å²) in [5.41, 5.74) is 5.33. The highest BCUT2D eigenvalue weighted by Gasteiger charge is 2.39. The van der Waals surface area contributed by atoms with Gasteiger partial charge in [-0.05, 0) is 70.1 Å². The summed E-state index contributed by atoms with van der Waals surface area (Å²) in [4.78, 5) is 58.8. The summed E-state index contributed by atoms with van der Waals surface area (Å²) in [6.45, 7) is 2.35. The molecule has 15 heteroatoms. The fourth-order valence-corrected chi connectivity index (χ4v) is 7.43. The van der Waals surface area contributed by atoms with Crippen molar-refractivity contribution in [3.8, 4) is 0 Å². The second kappa shape index (κ2) is 36.8. The van der Waals surface area contributed by atoms with Gasteiger partial charge in [0.2, 0.25) is 0 Å². The van der Waals surface area contributed by atoms with Gasteiger partial charge in [0.05, 0.1) is 25.4 Å². The number of unbranched alkanes of at least 4 members (excludes halogenated alkanes) is 8. The molecule has 0 saturated heterocycles. The van der Waals surface area contributed by atoms with Crippen LogP contribution in [0, 0.1) is 11.8 Å². The molecule has 0 radical (unpaired) electrons. The second-order valence-electron chi connectivity index (χ2n) is 16.0. The molecule has 0 heterocycles. The number of ether oxygens (including phenoxy) is 2. The number of hydrogen-bond donors (Lipinski definition) is 5. The minimum absolute atomic E-state index is 0.00124. The molecule has 1 aliphatic carbocycles. The molecule has 1 rings (SSSR count). The molecule has 6 N–H and O–H groups in total. The second-order valence-corrected chi connectivity index (χ2v) is 17.4. The highest BCUT2D eigenvalue weighted by atomic mass is 31.2. The average molecular weight is 908 g/mol. The third kappa shape index (κ3) is 31.1. The Hall–Kier alpha value is -3.49. The first kappa shape index (κ1) is 57.5. The number of aliphatic hydroxyl groups excluding tert-OH is 2. The fraction of sp³-hybridized carbons (Fsp3) is 0.667. The van der Waals surface area contributed by atoms with E-state index in [9.17, 15) is 38.8 Å². The van der Waals surface area contributed by atoms with E-state index >= 15 is 0 Å². The number of aliphatic carboxylic acids is 1. The van der Waals surface area contributed by atoms with Gasteiger partial charge in [0.15, 0.2) is 6.10 Å². The summed E-state index contributed by atoms with van der Waals surface area (Å²) in [5.74, 6) is -3.38. The molecule has 0 bridgehead atoms. The number of ketones is 1. The lowest BCUT2D eigenvalue weighted by atomic mass is 9.88. The van der Waals surface area contributed by atoms with Crippen molar-refractivity contribution in [2.45, 2.75) is 173 Å². The summed E-state index contributed by atoms with van der Waals surface area (Å²) >= 11 is 0. The smallest absolute Gasteiger partial charge is 0.472 e.